The van der Waals surface area contributed by atoms with E-state index < -0.39 is 0 Å². The number of amides is 2. The zero-order chi connectivity index (χ0) is 11.4. The van der Waals surface area contributed by atoms with Gasteiger partial charge in [-0.25, -0.2) is 15.2 Å². The summed E-state index contributed by atoms with van der Waals surface area (Å²) in [7, 11) is 0. The van der Waals surface area contributed by atoms with Crippen molar-refractivity contribution in [2.24, 2.45) is 10.2 Å². The van der Waals surface area contributed by atoms with Gasteiger partial charge in [-0.15, -0.1) is 0 Å². The van der Waals surface area contributed by atoms with Gasteiger partial charge in [0.2, 0.25) is 0 Å². The summed E-state index contributed by atoms with van der Waals surface area (Å²) in [5.41, 5.74) is 4.16. The van der Waals surface area contributed by atoms with Crippen LogP contribution in [0.15, 0.2) is 40.5 Å². The summed E-state index contributed by atoms with van der Waals surface area (Å²) < 4.78 is 0. The maximum absolute atomic E-state index is 11.4. The van der Waals surface area contributed by atoms with Crippen molar-refractivity contribution in [1.29, 1.82) is 0 Å². The zero-order valence-corrected chi connectivity index (χ0v) is 8.92. The van der Waals surface area contributed by atoms with Crippen LogP contribution in [0.1, 0.15) is 12.5 Å². The van der Waals surface area contributed by atoms with Gasteiger partial charge < -0.3 is 0 Å². The highest BCUT2D eigenvalue weighted by molar-refractivity contribution is 5.92. The minimum Gasteiger partial charge on any atom is -0.245 e. The molecule has 1 aromatic carbocycles. The lowest BCUT2D eigenvalue weighted by atomic mass is 10.2. The van der Waals surface area contributed by atoms with Crippen LogP contribution in [0.5, 0.6) is 0 Å². The standard InChI is InChI=1S/C11H12N4O/c1-9-8-15(11(16)14-13-9)12-7-10-5-3-2-4-6-10/h2-7H,8H2,1H3,(H,14,16)/b12-7-. The number of hydrogen-bond acceptors (Lipinski definition) is 3. The Morgan fingerprint density at radius 3 is 2.94 bits per heavy atom. The van der Waals surface area contributed by atoms with E-state index in [1.54, 1.807) is 6.21 Å². The number of carbonyl (C=O) groups excluding carboxylic acids is 1. The number of benzene rings is 1. The van der Waals surface area contributed by atoms with Crippen molar-refractivity contribution in [3.8, 4) is 0 Å². The van der Waals surface area contributed by atoms with E-state index in [-0.39, 0.29) is 6.03 Å². The Morgan fingerprint density at radius 2 is 2.19 bits per heavy atom. The summed E-state index contributed by atoms with van der Waals surface area (Å²) in [4.78, 5) is 11.4. The molecule has 1 heterocycles. The summed E-state index contributed by atoms with van der Waals surface area (Å²) in [6, 6.07) is 9.31. The van der Waals surface area contributed by atoms with Crippen LogP contribution in [0, 0.1) is 0 Å². The highest BCUT2D eigenvalue weighted by Gasteiger charge is 2.16. The molecule has 82 valence electrons. The van der Waals surface area contributed by atoms with Crippen molar-refractivity contribution < 1.29 is 4.79 Å². The number of nitrogens with zero attached hydrogens (tertiary/aromatic N) is 3. The molecule has 2 amide bonds. The number of hydrogen-bond donors (Lipinski definition) is 1. The first kappa shape index (κ1) is 10.4. The lowest BCUT2D eigenvalue weighted by Crippen LogP contribution is -2.42. The third-order valence-corrected chi connectivity index (χ3v) is 2.10. The van der Waals surface area contributed by atoms with Gasteiger partial charge in [0.25, 0.3) is 0 Å². The summed E-state index contributed by atoms with van der Waals surface area (Å²) in [5.74, 6) is 0. The summed E-state index contributed by atoms with van der Waals surface area (Å²) in [5, 5.41) is 9.26. The first-order chi connectivity index (χ1) is 7.75. The monoisotopic (exact) mass is 216 g/mol. The van der Waals surface area contributed by atoms with Gasteiger partial charge in [0.15, 0.2) is 0 Å². The molecule has 5 heteroatoms. The molecule has 0 bridgehead atoms. The molecule has 16 heavy (non-hydrogen) atoms. The Morgan fingerprint density at radius 1 is 1.44 bits per heavy atom. The molecule has 1 aromatic rings. The fourth-order valence-electron chi connectivity index (χ4n) is 1.29. The highest BCUT2D eigenvalue weighted by Crippen LogP contribution is 2.00. The van der Waals surface area contributed by atoms with E-state index in [0.717, 1.165) is 11.3 Å². The van der Waals surface area contributed by atoms with E-state index in [9.17, 15) is 4.79 Å². The normalized spacial score (nSPS) is 16.2. The molecule has 1 N–H and O–H groups in total. The second-order valence-corrected chi connectivity index (χ2v) is 3.48. The zero-order valence-electron chi connectivity index (χ0n) is 8.92. The van der Waals surface area contributed by atoms with Crippen LogP contribution < -0.4 is 5.43 Å². The molecule has 0 atom stereocenters. The third kappa shape index (κ3) is 2.44. The fourth-order valence-corrected chi connectivity index (χ4v) is 1.29. The second-order valence-electron chi connectivity index (χ2n) is 3.48. The molecule has 1 aliphatic rings. The lowest BCUT2D eigenvalue weighted by Gasteiger charge is -2.20. The molecular formula is C11H12N4O. The molecule has 2 rings (SSSR count). The molecule has 0 fully saturated rings. The second kappa shape index (κ2) is 4.57. The van der Waals surface area contributed by atoms with Gasteiger partial charge in [-0.1, -0.05) is 30.3 Å². The predicted molar refractivity (Wildman–Crippen MR) is 62.4 cm³/mol. The van der Waals surface area contributed by atoms with Crippen molar-refractivity contribution >= 4 is 18.0 Å². The van der Waals surface area contributed by atoms with Gasteiger partial charge in [-0.3, -0.25) is 0 Å². The largest absolute Gasteiger partial charge is 0.358 e. The molecule has 0 aliphatic carbocycles. The van der Waals surface area contributed by atoms with Crippen LogP contribution in [-0.2, 0) is 0 Å². The molecule has 0 spiro atoms. The molecule has 1 aliphatic heterocycles. The van der Waals surface area contributed by atoms with Crippen molar-refractivity contribution in [3.63, 3.8) is 0 Å². The van der Waals surface area contributed by atoms with Crippen molar-refractivity contribution in [2.75, 3.05) is 6.54 Å². The van der Waals surface area contributed by atoms with Crippen LogP contribution in [0.25, 0.3) is 0 Å². The fraction of sp³-hybridized carbons (Fsp3) is 0.182. The molecule has 0 saturated heterocycles. The van der Waals surface area contributed by atoms with Crippen LogP contribution in [0.4, 0.5) is 4.79 Å². The average Bonchev–Trinajstić information content (AvgIpc) is 2.32. The first-order valence-electron chi connectivity index (χ1n) is 4.95. The summed E-state index contributed by atoms with van der Waals surface area (Å²) in [6.07, 6.45) is 1.65. The minimum absolute atomic E-state index is 0.308. The number of nitrogens with one attached hydrogen (secondary N) is 1. The van der Waals surface area contributed by atoms with Crippen LogP contribution in [0.3, 0.4) is 0 Å². The maximum Gasteiger partial charge on any atom is 0.358 e. The third-order valence-electron chi connectivity index (χ3n) is 2.10. The van der Waals surface area contributed by atoms with Gasteiger partial charge >= 0.3 is 6.03 Å². The van der Waals surface area contributed by atoms with Crippen LogP contribution >= 0.6 is 0 Å². The highest BCUT2D eigenvalue weighted by atomic mass is 16.2. The van der Waals surface area contributed by atoms with Crippen molar-refractivity contribution in [3.05, 3.63) is 35.9 Å². The summed E-state index contributed by atoms with van der Waals surface area (Å²) >= 11 is 0. The van der Waals surface area contributed by atoms with Gasteiger partial charge in [-0.2, -0.15) is 10.2 Å². The Balaban J connectivity index is 2.07. The van der Waals surface area contributed by atoms with Gasteiger partial charge in [0.1, 0.15) is 0 Å². The Bertz CT molecular complexity index is 439. The number of hydrazone groups is 2. The Hall–Kier alpha value is -2.17. The molecular weight excluding hydrogens is 204 g/mol. The quantitative estimate of drug-likeness (QED) is 0.747. The predicted octanol–water partition coefficient (Wildman–Crippen LogP) is 1.42. The Kier molecular flexibility index (Phi) is 2.95. The van der Waals surface area contributed by atoms with E-state index in [2.05, 4.69) is 15.6 Å². The molecule has 0 unspecified atom stereocenters. The van der Waals surface area contributed by atoms with E-state index >= 15 is 0 Å². The van der Waals surface area contributed by atoms with E-state index in [0.29, 0.717) is 6.54 Å². The smallest absolute Gasteiger partial charge is 0.245 e. The number of carbonyl (C=O) groups is 1. The van der Waals surface area contributed by atoms with Crippen LogP contribution in [-0.4, -0.2) is 29.5 Å². The van der Waals surface area contributed by atoms with Crippen LogP contribution in [0.2, 0.25) is 0 Å². The SMILES string of the molecule is CC1=NNC(=O)N(/N=C\c2ccccc2)C1. The molecule has 0 saturated carbocycles. The van der Waals surface area contributed by atoms with Gasteiger partial charge in [0.05, 0.1) is 18.5 Å². The molecule has 0 radical (unpaired) electrons. The van der Waals surface area contributed by atoms with Crippen molar-refractivity contribution in [1.82, 2.24) is 10.4 Å². The van der Waals surface area contributed by atoms with Crippen molar-refractivity contribution in [2.45, 2.75) is 6.92 Å². The lowest BCUT2D eigenvalue weighted by molar-refractivity contribution is 0.204. The molecule has 5 nitrogen and oxygen atoms in total. The van der Waals surface area contributed by atoms with E-state index in [1.807, 2.05) is 37.3 Å². The minimum atomic E-state index is -0.308. The van der Waals surface area contributed by atoms with Gasteiger partial charge in [0, 0.05) is 0 Å². The number of rotatable bonds is 2. The van der Waals surface area contributed by atoms with Gasteiger partial charge in [-0.05, 0) is 12.5 Å². The Labute approximate surface area is 93.5 Å². The maximum atomic E-state index is 11.4. The topological polar surface area (TPSA) is 57.1 Å². The van der Waals surface area contributed by atoms with E-state index in [4.69, 9.17) is 0 Å². The number of urea groups is 1. The van der Waals surface area contributed by atoms with E-state index in [1.165, 1.54) is 5.01 Å². The average molecular weight is 216 g/mol. The first-order valence-corrected chi connectivity index (χ1v) is 4.95. The summed E-state index contributed by atoms with van der Waals surface area (Å²) in [6.45, 7) is 2.26. The molecule has 0 aromatic heterocycles.